The molecule has 116 valence electrons. The molecule has 0 bridgehead atoms. The van der Waals surface area contributed by atoms with Crippen LogP contribution < -0.4 is 9.47 Å². The first kappa shape index (κ1) is 17.0. The summed E-state index contributed by atoms with van der Waals surface area (Å²) in [5.41, 5.74) is 2.16. The second-order valence-electron chi connectivity index (χ2n) is 4.27. The van der Waals surface area contributed by atoms with Gasteiger partial charge < -0.3 is 9.47 Å². The zero-order chi connectivity index (χ0) is 16.3. The molecule has 0 atom stereocenters. The molecule has 0 radical (unpaired) electrons. The maximum Gasteiger partial charge on any atom is 0.292 e. The van der Waals surface area contributed by atoms with Gasteiger partial charge in [-0.3, -0.25) is 0 Å². The van der Waals surface area contributed by atoms with Gasteiger partial charge in [0.1, 0.15) is 11.5 Å². The fourth-order valence-electron chi connectivity index (χ4n) is 1.63. The van der Waals surface area contributed by atoms with Crippen LogP contribution in [0.2, 0.25) is 0 Å². The van der Waals surface area contributed by atoms with Crippen molar-refractivity contribution in [3.05, 3.63) is 59.7 Å². The summed E-state index contributed by atoms with van der Waals surface area (Å²) in [6.07, 6.45) is 3.26. The normalized spacial score (nSPS) is 9.65. The summed E-state index contributed by atoms with van der Waals surface area (Å²) in [7, 11) is 0. The molecule has 7 heteroatoms. The number of nitrogens with zero attached hydrogens (tertiary/aromatic N) is 2. The number of hydrogen-bond donors (Lipinski definition) is 0. The maximum atomic E-state index is 8.41. The molecule has 2 rings (SSSR count). The van der Waals surface area contributed by atoms with Crippen LogP contribution in [0.4, 0.5) is 0 Å². The third-order valence-corrected chi connectivity index (χ3v) is 4.39. The van der Waals surface area contributed by atoms with E-state index in [4.69, 9.17) is 23.6 Å². The number of hydrogen-bond acceptors (Lipinski definition) is 7. The molecular formula is C16H12N2O3S2. The van der Waals surface area contributed by atoms with Crippen molar-refractivity contribution in [1.82, 2.24) is 0 Å². The lowest BCUT2D eigenvalue weighted by molar-refractivity contribution is 0.507. The van der Waals surface area contributed by atoms with Crippen molar-refractivity contribution in [1.29, 1.82) is 10.5 Å². The maximum absolute atomic E-state index is 8.41. The highest BCUT2D eigenvalue weighted by atomic mass is 32.2. The second kappa shape index (κ2) is 9.65. The van der Waals surface area contributed by atoms with Gasteiger partial charge in [0.25, 0.3) is 12.5 Å². The number of nitriles is 2. The van der Waals surface area contributed by atoms with Gasteiger partial charge >= 0.3 is 0 Å². The summed E-state index contributed by atoms with van der Waals surface area (Å²) in [6, 6.07) is 14.6. The molecular weight excluding hydrogens is 332 g/mol. The molecule has 0 saturated heterocycles. The summed E-state index contributed by atoms with van der Waals surface area (Å²) in [6.45, 7) is 0. The number of ether oxygens (including phenoxy) is 2. The zero-order valence-corrected chi connectivity index (χ0v) is 13.6. The largest absolute Gasteiger partial charge is 0.388 e. The van der Waals surface area contributed by atoms with Crippen LogP contribution in [0.5, 0.6) is 11.5 Å². The van der Waals surface area contributed by atoms with E-state index in [0.717, 1.165) is 11.1 Å². The molecule has 5 nitrogen and oxygen atoms in total. The predicted molar refractivity (Wildman–Crippen MR) is 89.0 cm³/mol. The van der Waals surface area contributed by atoms with Crippen molar-refractivity contribution >= 4 is 24.1 Å². The van der Waals surface area contributed by atoms with Gasteiger partial charge in [0.2, 0.25) is 0 Å². The van der Waals surface area contributed by atoms with Crippen LogP contribution in [0.3, 0.4) is 0 Å². The Labute approximate surface area is 143 Å². The molecule has 0 heterocycles. The quantitative estimate of drug-likeness (QED) is 0.398. The number of benzene rings is 2. The van der Waals surface area contributed by atoms with Gasteiger partial charge in [-0.25, -0.2) is 3.63 Å². The Balaban J connectivity index is 1.65. The topological polar surface area (TPSA) is 75.3 Å². The van der Waals surface area contributed by atoms with E-state index >= 15 is 0 Å². The van der Waals surface area contributed by atoms with Crippen molar-refractivity contribution in [2.75, 3.05) is 0 Å². The minimum absolute atomic E-state index is 0.528. The standard InChI is InChI=1S/C16H12N2O3S2/c17-11-19-15-5-1-13(2-6-15)9-22-21-23-10-14-3-7-16(8-4-14)20-12-18/h1-8H,9-10H2. The van der Waals surface area contributed by atoms with E-state index in [1.54, 1.807) is 36.8 Å². The minimum Gasteiger partial charge on any atom is -0.388 e. The summed E-state index contributed by atoms with van der Waals surface area (Å²) >= 11 is 2.69. The molecule has 23 heavy (non-hydrogen) atoms. The van der Waals surface area contributed by atoms with Crippen molar-refractivity contribution in [3.63, 3.8) is 0 Å². The van der Waals surface area contributed by atoms with E-state index < -0.39 is 0 Å². The molecule has 0 saturated carbocycles. The van der Waals surface area contributed by atoms with Crippen LogP contribution in [0.15, 0.2) is 48.5 Å². The molecule has 0 amide bonds. The second-order valence-corrected chi connectivity index (χ2v) is 5.86. The summed E-state index contributed by atoms with van der Waals surface area (Å²) < 4.78 is 14.9. The van der Waals surface area contributed by atoms with Gasteiger partial charge in [0.05, 0.1) is 0 Å². The Morgan fingerprint density at radius 3 is 1.43 bits per heavy atom. The van der Waals surface area contributed by atoms with Gasteiger partial charge in [-0.05, 0) is 35.4 Å². The van der Waals surface area contributed by atoms with Gasteiger partial charge in [-0.15, -0.1) is 10.5 Å². The van der Waals surface area contributed by atoms with Crippen LogP contribution in [-0.2, 0) is 15.1 Å². The first-order chi connectivity index (χ1) is 11.3. The Morgan fingerprint density at radius 1 is 0.696 bits per heavy atom. The molecule has 0 aliphatic heterocycles. The number of rotatable bonds is 8. The molecule has 2 aromatic rings. The summed E-state index contributed by atoms with van der Waals surface area (Å²) in [5, 5.41) is 16.8. The fraction of sp³-hybridized carbons (Fsp3) is 0.125. The van der Waals surface area contributed by atoms with Crippen molar-refractivity contribution in [3.8, 4) is 24.0 Å². The third kappa shape index (κ3) is 6.13. The van der Waals surface area contributed by atoms with Crippen molar-refractivity contribution in [2.24, 2.45) is 0 Å². The molecule has 0 unspecified atom stereocenters. The lowest BCUT2D eigenvalue weighted by Crippen LogP contribution is -1.85. The molecule has 0 fully saturated rings. The SMILES string of the molecule is N#COc1ccc(CSOSCc2ccc(OC#N)cc2)cc1. The monoisotopic (exact) mass is 344 g/mol. The van der Waals surface area contributed by atoms with Gasteiger partial charge in [-0.2, -0.15) is 0 Å². The molecule has 0 aliphatic rings. The van der Waals surface area contributed by atoms with Crippen LogP contribution in [0.1, 0.15) is 11.1 Å². The van der Waals surface area contributed by atoms with Gasteiger partial charge in [0.15, 0.2) is 0 Å². The fourth-order valence-corrected chi connectivity index (χ4v) is 2.95. The molecule has 0 aromatic heterocycles. The lowest BCUT2D eigenvalue weighted by Gasteiger charge is -2.03. The molecule has 2 aromatic carbocycles. The predicted octanol–water partition coefficient (Wildman–Crippen LogP) is 4.42. The lowest BCUT2D eigenvalue weighted by atomic mass is 10.2. The smallest absolute Gasteiger partial charge is 0.292 e. The average Bonchev–Trinajstić information content (AvgIpc) is 2.58. The highest BCUT2D eigenvalue weighted by Crippen LogP contribution is 2.24. The van der Waals surface area contributed by atoms with Crippen LogP contribution in [0.25, 0.3) is 0 Å². The van der Waals surface area contributed by atoms with E-state index in [1.807, 2.05) is 24.3 Å². The Hall–Kier alpha value is -2.32. The van der Waals surface area contributed by atoms with Gasteiger partial charge in [0, 0.05) is 35.6 Å². The van der Waals surface area contributed by atoms with E-state index in [9.17, 15) is 0 Å². The first-order valence-corrected chi connectivity index (χ1v) is 8.35. The van der Waals surface area contributed by atoms with Crippen molar-refractivity contribution in [2.45, 2.75) is 11.5 Å². The highest BCUT2D eigenvalue weighted by Gasteiger charge is 2.00. The average molecular weight is 344 g/mol. The molecule has 0 aliphatic carbocycles. The Kier molecular flexibility index (Phi) is 7.15. The zero-order valence-electron chi connectivity index (χ0n) is 12.0. The Bertz CT molecular complexity index is 630. The molecule has 0 N–H and O–H groups in total. The highest BCUT2D eigenvalue weighted by molar-refractivity contribution is 8.07. The van der Waals surface area contributed by atoms with Crippen LogP contribution >= 0.6 is 24.1 Å². The first-order valence-electron chi connectivity index (χ1n) is 6.52. The van der Waals surface area contributed by atoms with E-state index in [0.29, 0.717) is 23.0 Å². The summed E-state index contributed by atoms with van der Waals surface area (Å²) in [5.74, 6) is 2.46. The minimum atomic E-state index is 0.528. The van der Waals surface area contributed by atoms with E-state index in [2.05, 4.69) is 0 Å². The van der Waals surface area contributed by atoms with Gasteiger partial charge in [-0.1, -0.05) is 24.3 Å². The van der Waals surface area contributed by atoms with Crippen molar-refractivity contribution < 1.29 is 13.1 Å². The van der Waals surface area contributed by atoms with E-state index in [1.165, 1.54) is 24.1 Å². The van der Waals surface area contributed by atoms with Crippen LogP contribution in [-0.4, -0.2) is 0 Å². The Morgan fingerprint density at radius 2 is 1.09 bits per heavy atom. The van der Waals surface area contributed by atoms with Crippen LogP contribution in [0, 0.1) is 23.0 Å². The third-order valence-electron chi connectivity index (χ3n) is 2.72. The van der Waals surface area contributed by atoms with E-state index in [-0.39, 0.29) is 0 Å². The molecule has 0 spiro atoms. The summed E-state index contributed by atoms with van der Waals surface area (Å²) in [4.78, 5) is 0.